The summed E-state index contributed by atoms with van der Waals surface area (Å²) in [6.07, 6.45) is 0. The Labute approximate surface area is 95.4 Å². The van der Waals surface area contributed by atoms with Crippen molar-refractivity contribution in [3.05, 3.63) is 29.8 Å². The molecule has 1 saturated heterocycles. The van der Waals surface area contributed by atoms with E-state index in [0.717, 1.165) is 25.3 Å². The van der Waals surface area contributed by atoms with E-state index in [1.807, 2.05) is 12.1 Å². The van der Waals surface area contributed by atoms with Gasteiger partial charge >= 0.3 is 0 Å². The molecule has 1 atom stereocenters. The molecule has 86 valence electrons. The van der Waals surface area contributed by atoms with E-state index in [1.54, 1.807) is 0 Å². The average molecular weight is 219 g/mol. The van der Waals surface area contributed by atoms with Gasteiger partial charge in [0.25, 0.3) is 0 Å². The van der Waals surface area contributed by atoms with Crippen molar-refractivity contribution < 1.29 is 4.79 Å². The highest BCUT2D eigenvalue weighted by Gasteiger charge is 2.13. The van der Waals surface area contributed by atoms with Gasteiger partial charge in [-0.2, -0.15) is 0 Å². The van der Waals surface area contributed by atoms with Crippen molar-refractivity contribution in [1.82, 2.24) is 10.6 Å². The highest BCUT2D eigenvalue weighted by molar-refractivity contribution is 5.88. The predicted octanol–water partition coefficient (Wildman–Crippen LogP) is 0.879. The fourth-order valence-electron chi connectivity index (χ4n) is 1.89. The number of benzene rings is 1. The smallest absolute Gasteiger partial charge is 0.221 e. The van der Waals surface area contributed by atoms with Gasteiger partial charge in [-0.1, -0.05) is 12.1 Å². The second-order valence-corrected chi connectivity index (χ2v) is 4.01. The van der Waals surface area contributed by atoms with Crippen molar-refractivity contribution in [1.29, 1.82) is 0 Å². The fraction of sp³-hybridized carbons (Fsp3) is 0.417. The first-order valence-corrected chi connectivity index (χ1v) is 5.57. The zero-order valence-electron chi connectivity index (χ0n) is 9.42. The predicted molar refractivity (Wildman–Crippen MR) is 64.4 cm³/mol. The van der Waals surface area contributed by atoms with Crippen LogP contribution in [0.2, 0.25) is 0 Å². The van der Waals surface area contributed by atoms with Crippen LogP contribution in [0.5, 0.6) is 0 Å². The summed E-state index contributed by atoms with van der Waals surface area (Å²) in [5.74, 6) is -0.0368. The van der Waals surface area contributed by atoms with E-state index >= 15 is 0 Å². The molecule has 0 aliphatic carbocycles. The molecule has 0 radical (unpaired) electrons. The first-order valence-electron chi connectivity index (χ1n) is 5.57. The molecule has 0 bridgehead atoms. The number of amides is 1. The Kier molecular flexibility index (Phi) is 3.54. The minimum Gasteiger partial charge on any atom is -0.326 e. The summed E-state index contributed by atoms with van der Waals surface area (Å²) in [4.78, 5) is 10.9. The van der Waals surface area contributed by atoms with Crippen LogP contribution in [0, 0.1) is 0 Å². The van der Waals surface area contributed by atoms with Gasteiger partial charge < -0.3 is 16.0 Å². The molecule has 1 aromatic carbocycles. The minimum absolute atomic E-state index is 0.0368. The summed E-state index contributed by atoms with van der Waals surface area (Å²) < 4.78 is 0. The third-order valence-corrected chi connectivity index (χ3v) is 2.67. The number of hydrogen-bond donors (Lipinski definition) is 3. The molecule has 3 N–H and O–H groups in total. The zero-order valence-corrected chi connectivity index (χ0v) is 9.42. The number of carbonyl (C=O) groups is 1. The second-order valence-electron chi connectivity index (χ2n) is 4.01. The standard InChI is InChI=1S/C12H17N3O/c1-9(16)15-11-4-2-10(3-5-11)12-8-13-6-7-14-12/h2-5,12-14H,6-8H2,1H3,(H,15,16)/t12-/m0/s1. The van der Waals surface area contributed by atoms with Crippen molar-refractivity contribution in [3.8, 4) is 0 Å². The Bertz CT molecular complexity index is 355. The fourth-order valence-corrected chi connectivity index (χ4v) is 1.89. The van der Waals surface area contributed by atoms with Crippen molar-refractivity contribution in [2.45, 2.75) is 13.0 Å². The third kappa shape index (κ3) is 2.81. The van der Waals surface area contributed by atoms with E-state index in [2.05, 4.69) is 28.1 Å². The lowest BCUT2D eigenvalue weighted by Crippen LogP contribution is -2.42. The summed E-state index contributed by atoms with van der Waals surface area (Å²) in [6.45, 7) is 4.50. The van der Waals surface area contributed by atoms with Crippen LogP contribution >= 0.6 is 0 Å². The van der Waals surface area contributed by atoms with Gasteiger partial charge in [0.2, 0.25) is 5.91 Å². The summed E-state index contributed by atoms with van der Waals surface area (Å²) in [5, 5.41) is 9.55. The second kappa shape index (κ2) is 5.09. The van der Waals surface area contributed by atoms with Crippen molar-refractivity contribution in [2.24, 2.45) is 0 Å². The maximum Gasteiger partial charge on any atom is 0.221 e. The molecule has 16 heavy (non-hydrogen) atoms. The van der Waals surface area contributed by atoms with Crippen LogP contribution in [-0.2, 0) is 4.79 Å². The highest BCUT2D eigenvalue weighted by Crippen LogP contribution is 2.16. The number of nitrogens with one attached hydrogen (secondary N) is 3. The summed E-state index contributed by atoms with van der Waals surface area (Å²) in [6, 6.07) is 8.35. The molecule has 1 aromatic rings. The van der Waals surface area contributed by atoms with E-state index in [-0.39, 0.29) is 5.91 Å². The number of piperazine rings is 1. The molecule has 4 heteroatoms. The zero-order chi connectivity index (χ0) is 11.4. The SMILES string of the molecule is CC(=O)Nc1ccc([C@@H]2CNCCN2)cc1. The van der Waals surface area contributed by atoms with Gasteiger partial charge in [0, 0.05) is 38.3 Å². The van der Waals surface area contributed by atoms with Gasteiger partial charge in [-0.25, -0.2) is 0 Å². The number of carbonyl (C=O) groups excluding carboxylic acids is 1. The largest absolute Gasteiger partial charge is 0.326 e. The molecule has 0 saturated carbocycles. The number of rotatable bonds is 2. The van der Waals surface area contributed by atoms with Crippen LogP contribution in [0.25, 0.3) is 0 Å². The monoisotopic (exact) mass is 219 g/mol. The summed E-state index contributed by atoms with van der Waals surface area (Å²) in [5.41, 5.74) is 2.10. The van der Waals surface area contributed by atoms with E-state index in [1.165, 1.54) is 12.5 Å². The topological polar surface area (TPSA) is 53.2 Å². The first-order chi connectivity index (χ1) is 7.75. The Hall–Kier alpha value is -1.39. The van der Waals surface area contributed by atoms with Crippen LogP contribution in [0.15, 0.2) is 24.3 Å². The molecule has 0 aromatic heterocycles. The molecule has 4 nitrogen and oxygen atoms in total. The van der Waals surface area contributed by atoms with Crippen LogP contribution < -0.4 is 16.0 Å². The Balaban J connectivity index is 2.03. The molecule has 1 amide bonds. The Morgan fingerprint density at radius 2 is 2.06 bits per heavy atom. The molecule has 0 unspecified atom stereocenters. The lowest BCUT2D eigenvalue weighted by atomic mass is 10.1. The first kappa shape index (κ1) is 11.1. The van der Waals surface area contributed by atoms with E-state index < -0.39 is 0 Å². The lowest BCUT2D eigenvalue weighted by molar-refractivity contribution is -0.114. The Morgan fingerprint density at radius 1 is 1.31 bits per heavy atom. The summed E-state index contributed by atoms with van der Waals surface area (Å²) in [7, 11) is 0. The molecule has 1 aliphatic heterocycles. The van der Waals surface area contributed by atoms with Gasteiger partial charge in [-0.15, -0.1) is 0 Å². The maximum atomic E-state index is 10.9. The third-order valence-electron chi connectivity index (χ3n) is 2.67. The van der Waals surface area contributed by atoms with Gasteiger partial charge in [-0.05, 0) is 17.7 Å². The minimum atomic E-state index is -0.0368. The number of anilines is 1. The van der Waals surface area contributed by atoms with Crippen LogP contribution in [0.4, 0.5) is 5.69 Å². The normalized spacial score (nSPS) is 20.4. The van der Waals surface area contributed by atoms with Gasteiger partial charge in [0.15, 0.2) is 0 Å². The van der Waals surface area contributed by atoms with Gasteiger partial charge in [-0.3, -0.25) is 4.79 Å². The molecule has 1 aliphatic rings. The van der Waals surface area contributed by atoms with Crippen molar-refractivity contribution in [2.75, 3.05) is 25.0 Å². The quantitative estimate of drug-likeness (QED) is 0.692. The summed E-state index contributed by atoms with van der Waals surface area (Å²) >= 11 is 0. The van der Waals surface area contributed by atoms with E-state index in [4.69, 9.17) is 0 Å². The molecule has 2 rings (SSSR count). The highest BCUT2D eigenvalue weighted by atomic mass is 16.1. The average Bonchev–Trinajstić information content (AvgIpc) is 2.30. The van der Waals surface area contributed by atoms with E-state index in [0.29, 0.717) is 6.04 Å². The molecular weight excluding hydrogens is 202 g/mol. The van der Waals surface area contributed by atoms with Crippen molar-refractivity contribution >= 4 is 11.6 Å². The maximum absolute atomic E-state index is 10.9. The van der Waals surface area contributed by atoms with Crippen molar-refractivity contribution in [3.63, 3.8) is 0 Å². The van der Waals surface area contributed by atoms with E-state index in [9.17, 15) is 4.79 Å². The van der Waals surface area contributed by atoms with Crippen LogP contribution in [0.3, 0.4) is 0 Å². The molecule has 1 fully saturated rings. The molecular formula is C12H17N3O. The van der Waals surface area contributed by atoms with Crippen LogP contribution in [-0.4, -0.2) is 25.5 Å². The van der Waals surface area contributed by atoms with Gasteiger partial charge in [0.05, 0.1) is 0 Å². The van der Waals surface area contributed by atoms with Crippen LogP contribution in [0.1, 0.15) is 18.5 Å². The Morgan fingerprint density at radius 3 is 2.62 bits per heavy atom. The molecule has 1 heterocycles. The number of hydrogen-bond acceptors (Lipinski definition) is 3. The van der Waals surface area contributed by atoms with Gasteiger partial charge in [0.1, 0.15) is 0 Å². The molecule has 0 spiro atoms. The lowest BCUT2D eigenvalue weighted by Gasteiger charge is -2.24.